The second kappa shape index (κ2) is 16.5. The van der Waals surface area contributed by atoms with Gasteiger partial charge >= 0.3 is 0 Å². The lowest BCUT2D eigenvalue weighted by molar-refractivity contribution is -0.138. The molecular formula is C45H49N7O2. The zero-order valence-corrected chi connectivity index (χ0v) is 31.6. The maximum absolute atomic E-state index is 14.1. The molecule has 3 heterocycles. The summed E-state index contributed by atoms with van der Waals surface area (Å²) in [6.07, 6.45) is 7.49. The average Bonchev–Trinajstić information content (AvgIpc) is 3.93. The van der Waals surface area contributed by atoms with Crippen molar-refractivity contribution in [2.75, 3.05) is 27.2 Å². The molecule has 0 radical (unpaired) electrons. The van der Waals surface area contributed by atoms with Crippen LogP contribution in [0, 0.1) is 0 Å². The zero-order valence-electron chi connectivity index (χ0n) is 31.6. The molecule has 2 N–H and O–H groups in total. The standard InChI is InChI=1S/C45H49N7O2/c1-31(50(3)41(53)28-33-14-8-5-9-15-33)43-46-29-39(48-43)36-22-18-34(19-23-36)35-20-24-37(25-21-35)40-30-47-44(49-40)32(2)51(4)45(54)42(38-16-10-6-11-17-38)52-26-12-7-13-27-52/h5-6,8-11,14-25,29-32,42H,7,12-13,26-28H2,1-4H3,(H,46,48)(H,47,49)/t31-,32-,42+/m0/s1. The number of benzene rings is 4. The van der Waals surface area contributed by atoms with E-state index in [-0.39, 0.29) is 29.9 Å². The van der Waals surface area contributed by atoms with Crippen LogP contribution in [0.15, 0.2) is 122 Å². The Bertz CT molecular complexity index is 2140. The summed E-state index contributed by atoms with van der Waals surface area (Å²) in [7, 11) is 3.71. The Balaban J connectivity index is 0.985. The van der Waals surface area contributed by atoms with E-state index in [1.54, 1.807) is 4.90 Å². The normalized spacial score (nSPS) is 15.0. The Kier molecular flexibility index (Phi) is 11.2. The van der Waals surface area contributed by atoms with Crippen LogP contribution < -0.4 is 0 Å². The predicted octanol–water partition coefficient (Wildman–Crippen LogP) is 8.64. The number of rotatable bonds is 12. The Morgan fingerprint density at radius 3 is 1.61 bits per heavy atom. The van der Waals surface area contributed by atoms with Crippen molar-refractivity contribution in [2.45, 2.75) is 57.7 Å². The van der Waals surface area contributed by atoms with Crippen LogP contribution in [0.1, 0.15) is 74.0 Å². The van der Waals surface area contributed by atoms with E-state index in [1.807, 2.05) is 93.8 Å². The Morgan fingerprint density at radius 2 is 1.09 bits per heavy atom. The van der Waals surface area contributed by atoms with E-state index in [1.165, 1.54) is 6.42 Å². The summed E-state index contributed by atoms with van der Waals surface area (Å²) in [5.74, 6) is 1.64. The lowest BCUT2D eigenvalue weighted by atomic mass is 10.00. The molecule has 1 saturated heterocycles. The quantitative estimate of drug-likeness (QED) is 0.132. The van der Waals surface area contributed by atoms with E-state index < -0.39 is 0 Å². The number of aromatic amines is 2. The third kappa shape index (κ3) is 8.06. The van der Waals surface area contributed by atoms with Gasteiger partial charge in [0.25, 0.3) is 0 Å². The van der Waals surface area contributed by atoms with Crippen LogP contribution in [0.4, 0.5) is 0 Å². The van der Waals surface area contributed by atoms with Gasteiger partial charge in [0.15, 0.2) is 0 Å². The van der Waals surface area contributed by atoms with Crippen molar-refractivity contribution in [1.29, 1.82) is 0 Å². The van der Waals surface area contributed by atoms with Crippen molar-refractivity contribution in [3.63, 3.8) is 0 Å². The molecule has 6 aromatic rings. The van der Waals surface area contributed by atoms with Crippen LogP contribution in [0.25, 0.3) is 33.6 Å². The highest BCUT2D eigenvalue weighted by Gasteiger charge is 2.33. The van der Waals surface area contributed by atoms with Crippen molar-refractivity contribution >= 4 is 11.8 Å². The highest BCUT2D eigenvalue weighted by Crippen LogP contribution is 2.31. The molecule has 276 valence electrons. The van der Waals surface area contributed by atoms with Gasteiger partial charge in [0, 0.05) is 14.1 Å². The van der Waals surface area contributed by atoms with Crippen LogP contribution in [0.3, 0.4) is 0 Å². The van der Waals surface area contributed by atoms with Crippen molar-refractivity contribution in [3.05, 3.63) is 144 Å². The molecule has 0 bridgehead atoms. The number of imidazole rings is 2. The van der Waals surface area contributed by atoms with E-state index in [2.05, 4.69) is 80.5 Å². The molecule has 1 aliphatic rings. The Hall–Kier alpha value is -5.80. The highest BCUT2D eigenvalue weighted by atomic mass is 16.2. The maximum atomic E-state index is 14.1. The van der Waals surface area contributed by atoms with Crippen LogP contribution in [0.2, 0.25) is 0 Å². The lowest BCUT2D eigenvalue weighted by Gasteiger charge is -2.37. The molecule has 0 saturated carbocycles. The number of piperidine rings is 1. The summed E-state index contributed by atoms with van der Waals surface area (Å²) < 4.78 is 0. The van der Waals surface area contributed by atoms with Crippen molar-refractivity contribution < 1.29 is 9.59 Å². The van der Waals surface area contributed by atoms with Crippen molar-refractivity contribution in [1.82, 2.24) is 34.6 Å². The molecule has 1 aliphatic heterocycles. The second-order valence-electron chi connectivity index (χ2n) is 14.4. The third-order valence-corrected chi connectivity index (χ3v) is 10.9. The van der Waals surface area contributed by atoms with E-state index in [4.69, 9.17) is 4.98 Å². The zero-order chi connectivity index (χ0) is 37.6. The summed E-state index contributed by atoms with van der Waals surface area (Å²) >= 11 is 0. The first-order valence-corrected chi connectivity index (χ1v) is 18.9. The molecule has 2 aromatic heterocycles. The fraction of sp³-hybridized carbons (Fsp3) is 0.289. The number of hydrogen-bond acceptors (Lipinski definition) is 5. The number of nitrogens with one attached hydrogen (secondary N) is 2. The van der Waals surface area contributed by atoms with Gasteiger partial charge in [-0.15, -0.1) is 0 Å². The molecule has 0 unspecified atom stereocenters. The number of carbonyl (C=O) groups excluding carboxylic acids is 2. The summed E-state index contributed by atoms with van der Waals surface area (Å²) in [4.78, 5) is 49.1. The van der Waals surface area contributed by atoms with Gasteiger partial charge < -0.3 is 19.8 Å². The van der Waals surface area contributed by atoms with Gasteiger partial charge in [-0.25, -0.2) is 9.97 Å². The average molecular weight is 720 g/mol. The first-order valence-electron chi connectivity index (χ1n) is 18.9. The third-order valence-electron chi connectivity index (χ3n) is 10.9. The number of likely N-dealkylation sites (tertiary alicyclic amines) is 1. The van der Waals surface area contributed by atoms with Crippen LogP contribution in [-0.2, 0) is 16.0 Å². The fourth-order valence-corrected chi connectivity index (χ4v) is 7.26. The largest absolute Gasteiger partial charge is 0.340 e. The number of amides is 2. The number of nitrogens with zero attached hydrogens (tertiary/aromatic N) is 5. The minimum Gasteiger partial charge on any atom is -0.340 e. The molecule has 9 nitrogen and oxygen atoms in total. The van der Waals surface area contributed by atoms with E-state index in [0.29, 0.717) is 6.42 Å². The van der Waals surface area contributed by atoms with Gasteiger partial charge in [0.05, 0.1) is 42.3 Å². The summed E-state index contributed by atoms with van der Waals surface area (Å²) in [6.45, 7) is 5.88. The van der Waals surface area contributed by atoms with Gasteiger partial charge in [-0.05, 0) is 73.2 Å². The van der Waals surface area contributed by atoms with E-state index in [0.717, 1.165) is 82.3 Å². The second-order valence-corrected chi connectivity index (χ2v) is 14.4. The van der Waals surface area contributed by atoms with Crippen LogP contribution in [0.5, 0.6) is 0 Å². The molecule has 1 fully saturated rings. The minimum absolute atomic E-state index is 0.0458. The minimum atomic E-state index is -0.301. The summed E-state index contributed by atoms with van der Waals surface area (Å²) in [5.41, 5.74) is 8.10. The van der Waals surface area contributed by atoms with E-state index >= 15 is 0 Å². The van der Waals surface area contributed by atoms with Gasteiger partial charge in [-0.2, -0.15) is 0 Å². The van der Waals surface area contributed by atoms with Crippen LogP contribution in [-0.4, -0.2) is 73.6 Å². The predicted molar refractivity (Wildman–Crippen MR) is 214 cm³/mol. The Morgan fingerprint density at radius 1 is 0.630 bits per heavy atom. The summed E-state index contributed by atoms with van der Waals surface area (Å²) in [6, 6.07) is 36.0. The highest BCUT2D eigenvalue weighted by molar-refractivity contribution is 5.83. The number of carbonyl (C=O) groups is 2. The molecule has 2 amide bonds. The topological polar surface area (TPSA) is 101 Å². The number of likely N-dealkylation sites (N-methyl/N-ethyl adjacent to an activating group) is 2. The van der Waals surface area contributed by atoms with Gasteiger partial charge in [0.2, 0.25) is 11.8 Å². The lowest BCUT2D eigenvalue weighted by Crippen LogP contribution is -2.44. The Labute approximate surface area is 318 Å². The van der Waals surface area contributed by atoms with Gasteiger partial charge in [0.1, 0.15) is 17.7 Å². The number of H-pyrrole nitrogens is 2. The smallest absolute Gasteiger partial charge is 0.244 e. The molecule has 7 rings (SSSR count). The molecule has 3 atom stereocenters. The fourth-order valence-electron chi connectivity index (χ4n) is 7.26. The first kappa shape index (κ1) is 36.6. The molecule has 0 aliphatic carbocycles. The van der Waals surface area contributed by atoms with Gasteiger partial charge in [-0.1, -0.05) is 116 Å². The van der Waals surface area contributed by atoms with Crippen molar-refractivity contribution in [2.24, 2.45) is 0 Å². The molecular weight excluding hydrogens is 671 g/mol. The maximum Gasteiger partial charge on any atom is 0.244 e. The SMILES string of the molecule is C[C@@H](c1ncc(-c2ccc(-c3ccc(-c4cnc([C@H](C)N(C)C(=O)[C@@H](c5ccccc5)N5CCCCC5)[nH]4)cc3)cc2)[nH]1)N(C)C(=O)Cc1ccccc1. The first-order chi connectivity index (χ1) is 26.3. The van der Waals surface area contributed by atoms with Crippen molar-refractivity contribution in [3.8, 4) is 33.6 Å². The number of aromatic nitrogens is 4. The molecule has 54 heavy (non-hydrogen) atoms. The number of hydrogen-bond donors (Lipinski definition) is 2. The monoisotopic (exact) mass is 719 g/mol. The van der Waals surface area contributed by atoms with Gasteiger partial charge in [-0.3, -0.25) is 14.5 Å². The molecule has 9 heteroatoms. The molecule has 4 aromatic carbocycles. The van der Waals surface area contributed by atoms with E-state index in [9.17, 15) is 9.59 Å². The summed E-state index contributed by atoms with van der Waals surface area (Å²) in [5, 5.41) is 0. The molecule has 0 spiro atoms. The van der Waals surface area contributed by atoms with Crippen LogP contribution >= 0.6 is 0 Å².